The largest absolute Gasteiger partial charge is 0.447 e. The van der Waals surface area contributed by atoms with Crippen LogP contribution in [-0.2, 0) is 11.3 Å². The van der Waals surface area contributed by atoms with Gasteiger partial charge in [-0.2, -0.15) is 0 Å². The summed E-state index contributed by atoms with van der Waals surface area (Å²) in [6, 6.07) is 0.701. The predicted octanol–water partition coefficient (Wildman–Crippen LogP) is 1.67. The molecule has 192 valence electrons. The summed E-state index contributed by atoms with van der Waals surface area (Å²) >= 11 is 0. The Bertz CT molecular complexity index is 735. The van der Waals surface area contributed by atoms with Crippen LogP contribution < -0.4 is 0 Å². The zero-order valence-electron chi connectivity index (χ0n) is 20.9. The second-order valence-corrected chi connectivity index (χ2v) is 9.99. The van der Waals surface area contributed by atoms with E-state index in [2.05, 4.69) is 19.7 Å². The van der Waals surface area contributed by atoms with Crippen LogP contribution in [0.25, 0.3) is 0 Å². The van der Waals surface area contributed by atoms with Crippen molar-refractivity contribution in [1.82, 2.24) is 24.6 Å². The number of amides is 1. The molecule has 1 amide bonds. The number of aliphatic hydroxyl groups is 1. The van der Waals surface area contributed by atoms with Crippen molar-refractivity contribution in [3.8, 4) is 0 Å². The summed E-state index contributed by atoms with van der Waals surface area (Å²) in [6.07, 6.45) is 9.13. The third-order valence-electron chi connectivity index (χ3n) is 7.52. The normalized spacial score (nSPS) is 23.2. The molecular weight excluding hydrogens is 434 g/mol. The van der Waals surface area contributed by atoms with Crippen LogP contribution in [0.5, 0.6) is 0 Å². The molecule has 0 bridgehead atoms. The topological polar surface area (TPSA) is 85.5 Å². The molecule has 4 rings (SSSR count). The molecule has 9 nitrogen and oxygen atoms in total. The summed E-state index contributed by atoms with van der Waals surface area (Å²) in [5.41, 5.74) is 0.426. The van der Waals surface area contributed by atoms with E-state index < -0.39 is 6.10 Å². The Balaban J connectivity index is 1.18. The molecule has 1 aromatic heterocycles. The number of carbonyl (C=O) groups excluding carboxylic acids is 1. The van der Waals surface area contributed by atoms with Crippen LogP contribution in [0.15, 0.2) is 10.7 Å². The van der Waals surface area contributed by atoms with E-state index in [0.717, 1.165) is 52.4 Å². The zero-order chi connectivity index (χ0) is 23.8. The van der Waals surface area contributed by atoms with Gasteiger partial charge in [0.25, 0.3) is 5.91 Å². The first-order chi connectivity index (χ1) is 16.6. The van der Waals surface area contributed by atoms with E-state index in [-0.39, 0.29) is 5.91 Å². The van der Waals surface area contributed by atoms with Crippen molar-refractivity contribution >= 4 is 5.91 Å². The number of carbonyl (C=O) groups is 1. The standard InChI is InChI=1S/C25H43N5O4/c1-2-33-19-22(31)17-27-9-11-28(12-10-27)18-24-26-23(20-34-24)25(32)30-15-13-29(14-16-30)21-7-5-3-4-6-8-21/h20-22,31H,2-19H2,1H3. The Kier molecular flexibility index (Phi) is 9.76. The van der Waals surface area contributed by atoms with Gasteiger partial charge < -0.3 is 19.2 Å². The Hall–Kier alpha value is -1.52. The van der Waals surface area contributed by atoms with Crippen molar-refractivity contribution < 1.29 is 19.1 Å². The minimum Gasteiger partial charge on any atom is -0.447 e. The number of ether oxygens (including phenoxy) is 1. The van der Waals surface area contributed by atoms with Gasteiger partial charge in [-0.05, 0) is 19.8 Å². The molecule has 3 fully saturated rings. The van der Waals surface area contributed by atoms with Crippen molar-refractivity contribution in [1.29, 1.82) is 0 Å². The van der Waals surface area contributed by atoms with Crippen LogP contribution >= 0.6 is 0 Å². The number of hydrogen-bond acceptors (Lipinski definition) is 8. The van der Waals surface area contributed by atoms with E-state index in [1.807, 2.05) is 11.8 Å². The highest BCUT2D eigenvalue weighted by Gasteiger charge is 2.28. The highest BCUT2D eigenvalue weighted by molar-refractivity contribution is 5.92. The molecule has 1 saturated carbocycles. The number of β-amino-alcohol motifs (C(OH)–C–C–N with tert-alkyl or cyclic N) is 1. The molecule has 1 aromatic rings. The van der Waals surface area contributed by atoms with Crippen molar-refractivity contribution in [2.24, 2.45) is 0 Å². The number of piperazine rings is 2. The number of aromatic nitrogens is 1. The first-order valence-corrected chi connectivity index (χ1v) is 13.3. The molecule has 2 saturated heterocycles. The van der Waals surface area contributed by atoms with Crippen LogP contribution in [0, 0.1) is 0 Å². The molecule has 34 heavy (non-hydrogen) atoms. The van der Waals surface area contributed by atoms with Crippen molar-refractivity contribution in [3.63, 3.8) is 0 Å². The van der Waals surface area contributed by atoms with Gasteiger partial charge in [0.1, 0.15) is 6.26 Å². The lowest BCUT2D eigenvalue weighted by Gasteiger charge is -2.39. The molecule has 2 aliphatic heterocycles. The number of nitrogens with zero attached hydrogens (tertiary/aromatic N) is 5. The smallest absolute Gasteiger partial charge is 0.275 e. The van der Waals surface area contributed by atoms with E-state index >= 15 is 0 Å². The van der Waals surface area contributed by atoms with Crippen LogP contribution in [0.4, 0.5) is 0 Å². The maximum Gasteiger partial charge on any atom is 0.275 e. The van der Waals surface area contributed by atoms with Gasteiger partial charge in [-0.25, -0.2) is 4.98 Å². The van der Waals surface area contributed by atoms with Gasteiger partial charge in [0.15, 0.2) is 5.69 Å². The summed E-state index contributed by atoms with van der Waals surface area (Å²) < 4.78 is 11.0. The van der Waals surface area contributed by atoms with E-state index in [4.69, 9.17) is 9.15 Å². The predicted molar refractivity (Wildman–Crippen MR) is 130 cm³/mol. The van der Waals surface area contributed by atoms with Gasteiger partial charge in [0.2, 0.25) is 5.89 Å². The number of aliphatic hydroxyl groups excluding tert-OH is 1. The number of oxazole rings is 1. The van der Waals surface area contributed by atoms with E-state index in [0.29, 0.717) is 43.9 Å². The monoisotopic (exact) mass is 477 g/mol. The lowest BCUT2D eigenvalue weighted by atomic mass is 10.1. The van der Waals surface area contributed by atoms with Crippen molar-refractivity contribution in [2.75, 3.05) is 72.1 Å². The highest BCUT2D eigenvalue weighted by atomic mass is 16.5. The van der Waals surface area contributed by atoms with Crippen LogP contribution in [0.1, 0.15) is 61.8 Å². The fraction of sp³-hybridized carbons (Fsp3) is 0.840. The first kappa shape index (κ1) is 25.6. The molecule has 9 heteroatoms. The van der Waals surface area contributed by atoms with Crippen molar-refractivity contribution in [3.05, 3.63) is 17.8 Å². The fourth-order valence-electron chi connectivity index (χ4n) is 5.48. The number of rotatable bonds is 9. The average Bonchev–Trinajstić information content (AvgIpc) is 3.15. The average molecular weight is 478 g/mol. The molecule has 3 aliphatic rings. The van der Waals surface area contributed by atoms with E-state index in [1.54, 1.807) is 0 Å². The molecule has 1 N–H and O–H groups in total. The van der Waals surface area contributed by atoms with Crippen LogP contribution in [-0.4, -0.2) is 120 Å². The molecule has 1 unspecified atom stereocenters. The maximum atomic E-state index is 13.0. The minimum absolute atomic E-state index is 0.0105. The molecular formula is C25H43N5O4. The zero-order valence-corrected chi connectivity index (χ0v) is 20.9. The Morgan fingerprint density at radius 3 is 2.41 bits per heavy atom. The molecule has 3 heterocycles. The summed E-state index contributed by atoms with van der Waals surface area (Å²) in [4.78, 5) is 26.6. The Morgan fingerprint density at radius 2 is 1.74 bits per heavy atom. The molecule has 0 radical (unpaired) electrons. The van der Waals surface area contributed by atoms with Gasteiger partial charge in [0, 0.05) is 71.6 Å². The summed E-state index contributed by atoms with van der Waals surface area (Å²) in [5.74, 6) is 0.592. The molecule has 1 atom stereocenters. The second-order valence-electron chi connectivity index (χ2n) is 9.99. The third kappa shape index (κ3) is 7.24. The quantitative estimate of drug-likeness (QED) is 0.538. The van der Waals surface area contributed by atoms with Gasteiger partial charge in [0.05, 0.1) is 19.3 Å². The van der Waals surface area contributed by atoms with Gasteiger partial charge in [-0.1, -0.05) is 25.7 Å². The van der Waals surface area contributed by atoms with Gasteiger partial charge >= 0.3 is 0 Å². The van der Waals surface area contributed by atoms with Gasteiger partial charge in [-0.15, -0.1) is 0 Å². The first-order valence-electron chi connectivity index (χ1n) is 13.3. The minimum atomic E-state index is -0.444. The molecule has 0 spiro atoms. The highest BCUT2D eigenvalue weighted by Crippen LogP contribution is 2.23. The summed E-state index contributed by atoms with van der Waals surface area (Å²) in [5, 5.41) is 10.0. The Morgan fingerprint density at radius 1 is 1.06 bits per heavy atom. The van der Waals surface area contributed by atoms with Gasteiger partial charge in [-0.3, -0.25) is 19.5 Å². The number of hydrogen-bond donors (Lipinski definition) is 1. The van der Waals surface area contributed by atoms with E-state index in [9.17, 15) is 9.90 Å². The van der Waals surface area contributed by atoms with Crippen LogP contribution in [0.2, 0.25) is 0 Å². The fourth-order valence-corrected chi connectivity index (χ4v) is 5.48. The van der Waals surface area contributed by atoms with Crippen LogP contribution in [0.3, 0.4) is 0 Å². The lowest BCUT2D eigenvalue weighted by Crippen LogP contribution is -2.52. The SMILES string of the molecule is CCOCC(O)CN1CCN(Cc2nc(C(=O)N3CCN(C4CCCCCC4)CC3)co2)CC1. The van der Waals surface area contributed by atoms with E-state index in [1.165, 1.54) is 44.8 Å². The third-order valence-corrected chi connectivity index (χ3v) is 7.52. The molecule has 1 aliphatic carbocycles. The van der Waals surface area contributed by atoms with Crippen molar-refractivity contribution in [2.45, 2.75) is 64.1 Å². The Labute approximate surface area is 204 Å². The maximum absolute atomic E-state index is 13.0. The summed E-state index contributed by atoms with van der Waals surface area (Å²) in [6.45, 7) is 11.2. The second kappa shape index (κ2) is 13.0. The lowest BCUT2D eigenvalue weighted by molar-refractivity contribution is 0.00948. The summed E-state index contributed by atoms with van der Waals surface area (Å²) in [7, 11) is 0. The molecule has 0 aromatic carbocycles.